The molecule has 0 aromatic heterocycles. The largest absolute Gasteiger partial charge is 0.493 e. The van der Waals surface area contributed by atoms with Gasteiger partial charge in [0, 0.05) is 12.1 Å². The Bertz CT molecular complexity index is 369. The molecule has 0 radical (unpaired) electrons. The minimum atomic E-state index is 0.283. The Hall–Kier alpha value is -1.22. The lowest BCUT2D eigenvalue weighted by Crippen LogP contribution is -2.13. The third-order valence-electron chi connectivity index (χ3n) is 2.75. The molecule has 0 atom stereocenters. The molecule has 0 amide bonds. The summed E-state index contributed by atoms with van der Waals surface area (Å²) in [5.41, 5.74) is 1.41. The normalized spacial score (nSPS) is 11.4. The van der Waals surface area contributed by atoms with Crippen LogP contribution in [-0.4, -0.2) is 20.8 Å². The minimum absolute atomic E-state index is 0.283. The highest BCUT2D eigenvalue weighted by atomic mass is 16.5. The van der Waals surface area contributed by atoms with E-state index >= 15 is 0 Å². The van der Waals surface area contributed by atoms with Crippen LogP contribution in [0.4, 0.5) is 0 Å². The van der Waals surface area contributed by atoms with Gasteiger partial charge in [-0.2, -0.15) is 0 Å². The summed E-state index contributed by atoms with van der Waals surface area (Å²) in [5.74, 6) is 1.66. The molecule has 1 rings (SSSR count). The monoisotopic (exact) mass is 251 g/mol. The summed E-state index contributed by atoms with van der Waals surface area (Å²) in [7, 11) is 3.60. The topological polar surface area (TPSA) is 30.5 Å². The van der Waals surface area contributed by atoms with E-state index in [1.54, 1.807) is 7.11 Å². The summed E-state index contributed by atoms with van der Waals surface area (Å²) in [6.45, 7) is 8.13. The molecule has 0 saturated heterocycles. The molecule has 0 saturated carbocycles. The first-order valence-electron chi connectivity index (χ1n) is 6.41. The molecule has 3 heteroatoms. The first-order valence-corrected chi connectivity index (χ1v) is 6.41. The summed E-state index contributed by atoms with van der Waals surface area (Å²) >= 11 is 0. The van der Waals surface area contributed by atoms with Gasteiger partial charge in [-0.15, -0.1) is 0 Å². The van der Waals surface area contributed by atoms with Gasteiger partial charge in [0.05, 0.1) is 13.7 Å². The molecular formula is C15H25NO2. The predicted molar refractivity (Wildman–Crippen MR) is 75.3 cm³/mol. The SMILES string of the molecule is CNCc1cccc(OC)c1OCCC(C)(C)C. The Labute approximate surface area is 110 Å². The van der Waals surface area contributed by atoms with E-state index < -0.39 is 0 Å². The highest BCUT2D eigenvalue weighted by Gasteiger charge is 2.13. The maximum absolute atomic E-state index is 5.92. The summed E-state index contributed by atoms with van der Waals surface area (Å²) in [4.78, 5) is 0. The van der Waals surface area contributed by atoms with Crippen molar-refractivity contribution in [3.63, 3.8) is 0 Å². The number of ether oxygens (including phenoxy) is 2. The lowest BCUT2D eigenvalue weighted by molar-refractivity contribution is 0.232. The summed E-state index contributed by atoms with van der Waals surface area (Å²) in [5, 5.41) is 3.15. The quantitative estimate of drug-likeness (QED) is 0.842. The van der Waals surface area contributed by atoms with Crippen LogP contribution in [0.25, 0.3) is 0 Å². The van der Waals surface area contributed by atoms with Gasteiger partial charge in [0.15, 0.2) is 11.5 Å². The zero-order chi connectivity index (χ0) is 13.6. The molecule has 18 heavy (non-hydrogen) atoms. The Morgan fingerprint density at radius 3 is 2.50 bits per heavy atom. The Morgan fingerprint density at radius 1 is 1.22 bits per heavy atom. The van der Waals surface area contributed by atoms with Crippen LogP contribution >= 0.6 is 0 Å². The smallest absolute Gasteiger partial charge is 0.165 e. The second-order valence-electron chi connectivity index (χ2n) is 5.64. The van der Waals surface area contributed by atoms with Gasteiger partial charge < -0.3 is 14.8 Å². The number of nitrogens with one attached hydrogen (secondary N) is 1. The number of hydrogen-bond donors (Lipinski definition) is 1. The molecular weight excluding hydrogens is 226 g/mol. The Kier molecular flexibility index (Phi) is 5.48. The molecule has 102 valence electrons. The van der Waals surface area contributed by atoms with Crippen molar-refractivity contribution in [3.05, 3.63) is 23.8 Å². The van der Waals surface area contributed by atoms with Crippen molar-refractivity contribution >= 4 is 0 Å². The van der Waals surface area contributed by atoms with Crippen LogP contribution in [0.15, 0.2) is 18.2 Å². The van der Waals surface area contributed by atoms with Gasteiger partial charge >= 0.3 is 0 Å². The van der Waals surface area contributed by atoms with Crippen LogP contribution in [-0.2, 0) is 6.54 Å². The van der Waals surface area contributed by atoms with E-state index in [1.165, 1.54) is 0 Å². The minimum Gasteiger partial charge on any atom is -0.493 e. The van der Waals surface area contributed by atoms with Crippen LogP contribution < -0.4 is 14.8 Å². The maximum Gasteiger partial charge on any atom is 0.165 e. The molecule has 1 N–H and O–H groups in total. The Balaban J connectivity index is 2.77. The molecule has 0 spiro atoms. The van der Waals surface area contributed by atoms with Crippen molar-refractivity contribution in [3.8, 4) is 11.5 Å². The van der Waals surface area contributed by atoms with E-state index in [4.69, 9.17) is 9.47 Å². The van der Waals surface area contributed by atoms with Gasteiger partial charge in [-0.25, -0.2) is 0 Å². The molecule has 0 heterocycles. The fourth-order valence-electron chi connectivity index (χ4n) is 1.67. The number of hydrogen-bond acceptors (Lipinski definition) is 3. The molecule has 0 unspecified atom stereocenters. The van der Waals surface area contributed by atoms with Crippen molar-refractivity contribution in [2.75, 3.05) is 20.8 Å². The average Bonchev–Trinajstić information content (AvgIpc) is 2.29. The van der Waals surface area contributed by atoms with Gasteiger partial charge in [-0.1, -0.05) is 32.9 Å². The second kappa shape index (κ2) is 6.64. The number of rotatable bonds is 6. The molecule has 0 bridgehead atoms. The van der Waals surface area contributed by atoms with Crippen molar-refractivity contribution < 1.29 is 9.47 Å². The van der Waals surface area contributed by atoms with Crippen molar-refractivity contribution in [2.24, 2.45) is 5.41 Å². The first kappa shape index (κ1) is 14.8. The van der Waals surface area contributed by atoms with Crippen LogP contribution in [0.3, 0.4) is 0 Å². The van der Waals surface area contributed by atoms with E-state index in [-0.39, 0.29) is 5.41 Å². The molecule has 1 aromatic carbocycles. The molecule has 0 aliphatic carbocycles. The predicted octanol–water partition coefficient (Wildman–Crippen LogP) is 3.23. The van der Waals surface area contributed by atoms with E-state index in [1.807, 2.05) is 19.2 Å². The van der Waals surface area contributed by atoms with Gasteiger partial charge in [0.1, 0.15) is 0 Å². The summed E-state index contributed by atoms with van der Waals surface area (Å²) in [6.07, 6.45) is 1.02. The van der Waals surface area contributed by atoms with E-state index in [2.05, 4.69) is 32.2 Å². The number of benzene rings is 1. The van der Waals surface area contributed by atoms with Gasteiger partial charge in [0.2, 0.25) is 0 Å². The van der Waals surface area contributed by atoms with Crippen molar-refractivity contribution in [1.29, 1.82) is 0 Å². The first-order chi connectivity index (χ1) is 8.48. The van der Waals surface area contributed by atoms with Crippen LogP contribution in [0, 0.1) is 5.41 Å². The van der Waals surface area contributed by atoms with Gasteiger partial charge in [-0.05, 0) is 24.9 Å². The van der Waals surface area contributed by atoms with E-state index in [0.717, 1.165) is 30.0 Å². The van der Waals surface area contributed by atoms with Gasteiger partial charge in [0.25, 0.3) is 0 Å². The summed E-state index contributed by atoms with van der Waals surface area (Å²) < 4.78 is 11.3. The maximum atomic E-state index is 5.92. The van der Waals surface area contributed by atoms with Crippen LogP contribution in [0.2, 0.25) is 0 Å². The molecule has 1 aromatic rings. The molecule has 0 aliphatic rings. The standard InChI is InChI=1S/C15H25NO2/c1-15(2,3)9-10-18-14-12(11-16-4)7-6-8-13(14)17-5/h6-8,16H,9-11H2,1-5H3. The number of para-hydroxylation sites is 1. The van der Waals surface area contributed by atoms with Crippen molar-refractivity contribution in [1.82, 2.24) is 5.32 Å². The molecule has 3 nitrogen and oxygen atoms in total. The average molecular weight is 251 g/mol. The molecule has 0 fully saturated rings. The third kappa shape index (κ3) is 4.57. The van der Waals surface area contributed by atoms with E-state index in [9.17, 15) is 0 Å². The van der Waals surface area contributed by atoms with Crippen LogP contribution in [0.5, 0.6) is 11.5 Å². The Morgan fingerprint density at radius 2 is 1.94 bits per heavy atom. The van der Waals surface area contributed by atoms with Gasteiger partial charge in [-0.3, -0.25) is 0 Å². The third-order valence-corrected chi connectivity index (χ3v) is 2.75. The second-order valence-corrected chi connectivity index (χ2v) is 5.64. The fraction of sp³-hybridized carbons (Fsp3) is 0.600. The fourth-order valence-corrected chi connectivity index (χ4v) is 1.67. The number of methoxy groups -OCH3 is 1. The zero-order valence-electron chi connectivity index (χ0n) is 12.2. The van der Waals surface area contributed by atoms with Crippen molar-refractivity contribution in [2.45, 2.75) is 33.7 Å². The highest BCUT2D eigenvalue weighted by molar-refractivity contribution is 5.46. The molecule has 0 aliphatic heterocycles. The van der Waals surface area contributed by atoms with E-state index in [0.29, 0.717) is 6.61 Å². The zero-order valence-corrected chi connectivity index (χ0v) is 12.2. The lowest BCUT2D eigenvalue weighted by atomic mass is 9.93. The highest BCUT2D eigenvalue weighted by Crippen LogP contribution is 2.31. The summed E-state index contributed by atoms with van der Waals surface area (Å²) in [6, 6.07) is 5.99. The van der Waals surface area contributed by atoms with Crippen LogP contribution in [0.1, 0.15) is 32.8 Å². The lowest BCUT2D eigenvalue weighted by Gasteiger charge is -2.20.